The zero-order chi connectivity index (χ0) is 18.5. The lowest BCUT2D eigenvalue weighted by Gasteiger charge is -2.20. The van der Waals surface area contributed by atoms with Gasteiger partial charge in [-0.05, 0) is 54.7 Å². The summed E-state index contributed by atoms with van der Waals surface area (Å²) >= 11 is 6.05. The Kier molecular flexibility index (Phi) is 4.25. The zero-order valence-electron chi connectivity index (χ0n) is 14.2. The van der Waals surface area contributed by atoms with Crippen LogP contribution in [0.25, 0.3) is 0 Å². The molecule has 4 rings (SSSR count). The van der Waals surface area contributed by atoms with Crippen molar-refractivity contribution in [2.45, 2.75) is 32.4 Å². The summed E-state index contributed by atoms with van der Waals surface area (Å²) < 4.78 is 26.6. The summed E-state index contributed by atoms with van der Waals surface area (Å²) in [6.45, 7) is 2.05. The molecular formula is C18H18ClN3O3S. The topological polar surface area (TPSA) is 79.4 Å². The van der Waals surface area contributed by atoms with E-state index < -0.39 is 10.0 Å². The molecule has 136 valence electrons. The SMILES string of the molecule is CCS(=O)(=O)N[C@@H]1CCc2c1cncc2N1Cc2cc(Cl)ccc2C1=O. The number of hydrogen-bond donors (Lipinski definition) is 1. The molecule has 0 bridgehead atoms. The number of pyridine rings is 1. The summed E-state index contributed by atoms with van der Waals surface area (Å²) in [5.41, 5.74) is 4.12. The Bertz CT molecular complexity index is 1010. The fourth-order valence-electron chi connectivity index (χ4n) is 3.65. The average molecular weight is 392 g/mol. The second-order valence-corrected chi connectivity index (χ2v) is 9.01. The number of carbonyl (C=O) groups is 1. The lowest BCUT2D eigenvalue weighted by atomic mass is 10.1. The van der Waals surface area contributed by atoms with Crippen molar-refractivity contribution in [1.29, 1.82) is 0 Å². The van der Waals surface area contributed by atoms with Gasteiger partial charge < -0.3 is 4.90 Å². The van der Waals surface area contributed by atoms with E-state index in [4.69, 9.17) is 11.6 Å². The fourth-order valence-corrected chi connectivity index (χ4v) is 4.69. The molecule has 0 saturated carbocycles. The largest absolute Gasteiger partial charge is 0.302 e. The monoisotopic (exact) mass is 391 g/mol. The van der Waals surface area contributed by atoms with Crippen molar-refractivity contribution in [2.75, 3.05) is 10.7 Å². The quantitative estimate of drug-likeness (QED) is 0.869. The third-order valence-electron chi connectivity index (χ3n) is 4.99. The van der Waals surface area contributed by atoms with Crippen LogP contribution in [0.5, 0.6) is 0 Å². The minimum Gasteiger partial charge on any atom is -0.302 e. The molecule has 0 unspecified atom stereocenters. The Morgan fingerprint density at radius 3 is 2.92 bits per heavy atom. The maximum atomic E-state index is 12.8. The van der Waals surface area contributed by atoms with Crippen LogP contribution in [-0.4, -0.2) is 25.1 Å². The van der Waals surface area contributed by atoms with E-state index in [1.165, 1.54) is 0 Å². The molecule has 2 aliphatic rings. The Balaban J connectivity index is 1.69. The molecule has 0 spiro atoms. The highest BCUT2D eigenvalue weighted by atomic mass is 35.5. The first-order valence-electron chi connectivity index (χ1n) is 8.46. The van der Waals surface area contributed by atoms with Gasteiger partial charge in [0.1, 0.15) is 0 Å². The molecule has 1 amide bonds. The van der Waals surface area contributed by atoms with E-state index in [1.54, 1.807) is 36.4 Å². The second kappa shape index (κ2) is 6.33. The first-order chi connectivity index (χ1) is 12.4. The van der Waals surface area contributed by atoms with Crippen LogP contribution in [0.1, 0.15) is 46.4 Å². The molecule has 0 radical (unpaired) electrons. The van der Waals surface area contributed by atoms with Crippen molar-refractivity contribution in [2.24, 2.45) is 0 Å². The number of halogens is 1. The molecule has 26 heavy (non-hydrogen) atoms. The molecule has 0 fully saturated rings. The first kappa shape index (κ1) is 17.5. The van der Waals surface area contributed by atoms with Gasteiger partial charge in [-0.2, -0.15) is 0 Å². The van der Waals surface area contributed by atoms with Gasteiger partial charge in [-0.15, -0.1) is 0 Å². The van der Waals surface area contributed by atoms with Gasteiger partial charge in [0.2, 0.25) is 10.0 Å². The normalized spacial score (nSPS) is 18.9. The van der Waals surface area contributed by atoms with E-state index in [0.29, 0.717) is 30.0 Å². The van der Waals surface area contributed by atoms with Crippen LogP contribution < -0.4 is 9.62 Å². The van der Waals surface area contributed by atoms with Gasteiger partial charge >= 0.3 is 0 Å². The number of nitrogens with zero attached hydrogens (tertiary/aromatic N) is 2. The number of aromatic nitrogens is 1. The molecule has 1 aromatic carbocycles. The fraction of sp³-hybridized carbons (Fsp3) is 0.333. The lowest BCUT2D eigenvalue weighted by Crippen LogP contribution is -2.29. The van der Waals surface area contributed by atoms with Crippen molar-refractivity contribution >= 4 is 33.2 Å². The van der Waals surface area contributed by atoms with Crippen molar-refractivity contribution in [1.82, 2.24) is 9.71 Å². The Labute approximate surface area is 157 Å². The molecule has 6 nitrogen and oxygen atoms in total. The van der Waals surface area contributed by atoms with Gasteiger partial charge in [-0.1, -0.05) is 11.6 Å². The summed E-state index contributed by atoms with van der Waals surface area (Å²) in [5, 5.41) is 0.601. The molecule has 8 heteroatoms. The predicted octanol–water partition coefficient (Wildman–Crippen LogP) is 2.82. The van der Waals surface area contributed by atoms with Gasteiger partial charge in [-0.3, -0.25) is 9.78 Å². The van der Waals surface area contributed by atoms with Gasteiger partial charge in [0, 0.05) is 22.8 Å². The maximum absolute atomic E-state index is 12.8. The van der Waals surface area contributed by atoms with Crippen LogP contribution >= 0.6 is 11.6 Å². The van der Waals surface area contributed by atoms with E-state index in [9.17, 15) is 13.2 Å². The highest BCUT2D eigenvalue weighted by molar-refractivity contribution is 7.89. The minimum atomic E-state index is -3.31. The van der Waals surface area contributed by atoms with E-state index in [-0.39, 0.29) is 17.7 Å². The minimum absolute atomic E-state index is 0.0344. The molecule has 0 saturated heterocycles. The van der Waals surface area contributed by atoms with Crippen LogP contribution in [0.15, 0.2) is 30.6 Å². The van der Waals surface area contributed by atoms with Crippen LogP contribution in [0.4, 0.5) is 5.69 Å². The number of nitrogens with one attached hydrogen (secondary N) is 1. The van der Waals surface area contributed by atoms with Crippen LogP contribution in [-0.2, 0) is 23.0 Å². The smallest absolute Gasteiger partial charge is 0.258 e. The van der Waals surface area contributed by atoms with E-state index in [0.717, 1.165) is 22.4 Å². The standard InChI is InChI=1S/C18H18ClN3O3S/c1-2-26(24,25)21-16-6-5-14-15(16)8-20-9-17(14)22-10-11-7-12(19)3-4-13(11)18(22)23/h3-4,7-9,16,21H,2,5-6,10H2,1H3/t16-/m1/s1. The van der Waals surface area contributed by atoms with Crippen LogP contribution in [0, 0.1) is 0 Å². The molecule has 2 aromatic rings. The number of fused-ring (bicyclic) bond motifs is 2. The third-order valence-corrected chi connectivity index (χ3v) is 6.63. The lowest BCUT2D eigenvalue weighted by molar-refractivity contribution is 0.0996. The van der Waals surface area contributed by atoms with Crippen LogP contribution in [0.3, 0.4) is 0 Å². The summed E-state index contributed by atoms with van der Waals surface area (Å²) in [6.07, 6.45) is 4.74. The van der Waals surface area contributed by atoms with Gasteiger partial charge in [0.15, 0.2) is 0 Å². The number of rotatable bonds is 4. The highest BCUT2D eigenvalue weighted by Crippen LogP contribution is 2.39. The molecule has 1 N–H and O–H groups in total. The molecule has 2 heterocycles. The summed E-state index contributed by atoms with van der Waals surface area (Å²) in [5.74, 6) is -0.0449. The Morgan fingerprint density at radius 2 is 2.15 bits per heavy atom. The average Bonchev–Trinajstić information content (AvgIpc) is 3.16. The number of hydrogen-bond acceptors (Lipinski definition) is 4. The van der Waals surface area contributed by atoms with Crippen LogP contribution in [0.2, 0.25) is 5.02 Å². The molecular weight excluding hydrogens is 374 g/mol. The molecule has 1 aliphatic carbocycles. The Hall–Kier alpha value is -1.96. The molecule has 1 atom stereocenters. The van der Waals surface area contributed by atoms with E-state index >= 15 is 0 Å². The zero-order valence-corrected chi connectivity index (χ0v) is 15.8. The summed E-state index contributed by atoms with van der Waals surface area (Å²) in [6, 6.07) is 4.97. The molecule has 1 aromatic heterocycles. The third kappa shape index (κ3) is 2.90. The highest BCUT2D eigenvalue weighted by Gasteiger charge is 2.34. The Morgan fingerprint density at radius 1 is 1.35 bits per heavy atom. The summed E-state index contributed by atoms with van der Waals surface area (Å²) in [4.78, 5) is 18.8. The van der Waals surface area contributed by atoms with Crippen molar-refractivity contribution < 1.29 is 13.2 Å². The van der Waals surface area contributed by atoms with Gasteiger partial charge in [0.25, 0.3) is 5.91 Å². The van der Waals surface area contributed by atoms with Gasteiger partial charge in [-0.25, -0.2) is 13.1 Å². The number of sulfonamides is 1. The van der Waals surface area contributed by atoms with Crippen molar-refractivity contribution in [3.63, 3.8) is 0 Å². The predicted molar refractivity (Wildman–Crippen MR) is 99.9 cm³/mol. The van der Waals surface area contributed by atoms with E-state index in [1.807, 2.05) is 6.07 Å². The summed E-state index contributed by atoms with van der Waals surface area (Å²) in [7, 11) is -3.31. The molecule has 1 aliphatic heterocycles. The van der Waals surface area contributed by atoms with Gasteiger partial charge in [0.05, 0.1) is 24.2 Å². The number of anilines is 1. The first-order valence-corrected chi connectivity index (χ1v) is 10.5. The van der Waals surface area contributed by atoms with Crippen molar-refractivity contribution in [3.05, 3.63) is 57.9 Å². The maximum Gasteiger partial charge on any atom is 0.258 e. The number of benzene rings is 1. The number of carbonyl (C=O) groups excluding carboxylic acids is 1. The van der Waals surface area contributed by atoms with E-state index in [2.05, 4.69) is 9.71 Å². The number of amides is 1. The van der Waals surface area contributed by atoms with Crippen molar-refractivity contribution in [3.8, 4) is 0 Å². The second-order valence-electron chi connectivity index (χ2n) is 6.53.